The summed E-state index contributed by atoms with van der Waals surface area (Å²) in [5, 5.41) is 17.9. The van der Waals surface area contributed by atoms with E-state index in [9.17, 15) is 9.90 Å². The molecule has 2 aromatic carbocycles. The van der Waals surface area contributed by atoms with Crippen LogP contribution in [0.2, 0.25) is 0 Å². The van der Waals surface area contributed by atoms with Crippen LogP contribution in [0.3, 0.4) is 0 Å². The van der Waals surface area contributed by atoms with Crippen LogP contribution in [-0.4, -0.2) is 22.6 Å². The largest absolute Gasteiger partial charge is 0.508 e. The molecule has 17 heavy (non-hydrogen) atoms. The van der Waals surface area contributed by atoms with Crippen LogP contribution in [0, 0.1) is 0 Å². The normalized spacial score (nSPS) is 10.2. The third-order valence-corrected chi connectivity index (χ3v) is 2.55. The van der Waals surface area contributed by atoms with Crippen LogP contribution in [0.5, 0.6) is 5.75 Å². The highest BCUT2D eigenvalue weighted by Crippen LogP contribution is 2.22. The van der Waals surface area contributed by atoms with Crippen molar-refractivity contribution in [1.29, 1.82) is 0 Å². The van der Waals surface area contributed by atoms with Crippen LogP contribution in [0.1, 0.15) is 10.4 Å². The van der Waals surface area contributed by atoms with E-state index < -0.39 is 6.61 Å². The minimum atomic E-state index is -0.474. The molecule has 0 unspecified atom stereocenters. The predicted octanol–water partition coefficient (Wildman–Crippen LogP) is 2.23. The van der Waals surface area contributed by atoms with E-state index >= 15 is 0 Å². The molecule has 3 heteroatoms. The Morgan fingerprint density at radius 2 is 1.35 bits per heavy atom. The third kappa shape index (κ3) is 2.52. The fourth-order valence-electron chi connectivity index (χ4n) is 1.59. The smallest absolute Gasteiger partial charge is 0.188 e. The lowest BCUT2D eigenvalue weighted by Crippen LogP contribution is -2.03. The fraction of sp³-hybridized carbons (Fsp3) is 0.0714. The maximum absolute atomic E-state index is 11.2. The first-order valence-electron chi connectivity index (χ1n) is 5.24. The molecule has 2 aromatic rings. The zero-order chi connectivity index (χ0) is 12.3. The molecule has 0 spiro atoms. The summed E-state index contributed by atoms with van der Waals surface area (Å²) in [4.78, 5) is 11.2. The lowest BCUT2D eigenvalue weighted by Gasteiger charge is -2.03. The average molecular weight is 228 g/mol. The number of phenols is 1. The molecule has 0 bridgehead atoms. The van der Waals surface area contributed by atoms with Gasteiger partial charge in [-0.15, -0.1) is 0 Å². The first-order valence-corrected chi connectivity index (χ1v) is 5.24. The van der Waals surface area contributed by atoms with E-state index in [4.69, 9.17) is 5.11 Å². The van der Waals surface area contributed by atoms with Crippen molar-refractivity contribution in [1.82, 2.24) is 0 Å². The fourth-order valence-corrected chi connectivity index (χ4v) is 1.59. The van der Waals surface area contributed by atoms with E-state index in [1.54, 1.807) is 36.4 Å². The molecule has 0 saturated heterocycles. The summed E-state index contributed by atoms with van der Waals surface area (Å²) in [6.07, 6.45) is 0. The molecule has 0 saturated carbocycles. The molecule has 0 radical (unpaired) electrons. The van der Waals surface area contributed by atoms with Crippen molar-refractivity contribution >= 4 is 5.78 Å². The number of aliphatic hydroxyl groups is 1. The van der Waals surface area contributed by atoms with Gasteiger partial charge in [-0.3, -0.25) is 4.79 Å². The number of hydrogen-bond donors (Lipinski definition) is 2. The Hall–Kier alpha value is -2.13. The Morgan fingerprint density at radius 3 is 1.82 bits per heavy atom. The zero-order valence-corrected chi connectivity index (χ0v) is 9.13. The standard InChI is InChI=1S/C14H12O3/c15-9-14(17)12-3-1-10(2-4-12)11-5-7-13(16)8-6-11/h1-8,15-16H,9H2. The van der Waals surface area contributed by atoms with Crippen LogP contribution < -0.4 is 0 Å². The average Bonchev–Trinajstić information content (AvgIpc) is 2.39. The molecule has 0 amide bonds. The molecule has 0 aromatic heterocycles. The molecule has 2 N–H and O–H groups in total. The highest BCUT2D eigenvalue weighted by atomic mass is 16.3. The van der Waals surface area contributed by atoms with Crippen LogP contribution in [0.25, 0.3) is 11.1 Å². The number of aliphatic hydroxyl groups excluding tert-OH is 1. The Balaban J connectivity index is 2.29. The molecule has 86 valence electrons. The van der Waals surface area contributed by atoms with Crippen LogP contribution in [0.4, 0.5) is 0 Å². The Kier molecular flexibility index (Phi) is 3.21. The highest BCUT2D eigenvalue weighted by Gasteiger charge is 2.04. The van der Waals surface area contributed by atoms with Crippen molar-refractivity contribution in [2.24, 2.45) is 0 Å². The minimum absolute atomic E-state index is 0.223. The Morgan fingerprint density at radius 1 is 0.882 bits per heavy atom. The quantitative estimate of drug-likeness (QED) is 0.792. The summed E-state index contributed by atoms with van der Waals surface area (Å²) in [5.41, 5.74) is 2.42. The van der Waals surface area contributed by atoms with Crippen LogP contribution in [-0.2, 0) is 0 Å². The van der Waals surface area contributed by atoms with Gasteiger partial charge in [-0.05, 0) is 23.3 Å². The lowest BCUT2D eigenvalue weighted by atomic mass is 10.0. The van der Waals surface area contributed by atoms with Crippen molar-refractivity contribution in [2.75, 3.05) is 6.61 Å². The van der Waals surface area contributed by atoms with Gasteiger partial charge >= 0.3 is 0 Å². The number of Topliss-reactive ketones (excluding diaryl/α,β-unsaturated/α-hetero) is 1. The third-order valence-electron chi connectivity index (χ3n) is 2.55. The van der Waals surface area contributed by atoms with Crippen LogP contribution in [0.15, 0.2) is 48.5 Å². The number of rotatable bonds is 3. The Bertz CT molecular complexity index is 512. The Labute approximate surface area is 99.0 Å². The van der Waals surface area contributed by atoms with Gasteiger partial charge in [-0.2, -0.15) is 0 Å². The van der Waals surface area contributed by atoms with E-state index in [1.165, 1.54) is 0 Å². The maximum atomic E-state index is 11.2. The first kappa shape index (κ1) is 11.4. The molecule has 0 aliphatic carbocycles. The van der Waals surface area contributed by atoms with Gasteiger partial charge in [0.15, 0.2) is 5.78 Å². The van der Waals surface area contributed by atoms with Crippen molar-refractivity contribution in [3.63, 3.8) is 0 Å². The topological polar surface area (TPSA) is 57.5 Å². The number of benzene rings is 2. The molecule has 0 fully saturated rings. The minimum Gasteiger partial charge on any atom is -0.508 e. The van der Waals surface area contributed by atoms with Crippen molar-refractivity contribution in [3.05, 3.63) is 54.1 Å². The van der Waals surface area contributed by atoms with Crippen molar-refractivity contribution in [2.45, 2.75) is 0 Å². The number of phenolic OH excluding ortho intramolecular Hbond substituents is 1. The maximum Gasteiger partial charge on any atom is 0.188 e. The van der Waals surface area contributed by atoms with Crippen molar-refractivity contribution < 1.29 is 15.0 Å². The molecule has 0 aliphatic rings. The zero-order valence-electron chi connectivity index (χ0n) is 9.13. The van der Waals surface area contributed by atoms with Crippen LogP contribution >= 0.6 is 0 Å². The lowest BCUT2D eigenvalue weighted by molar-refractivity contribution is 0.0904. The van der Waals surface area contributed by atoms with E-state index in [0.29, 0.717) is 5.56 Å². The molecular weight excluding hydrogens is 216 g/mol. The first-order chi connectivity index (χ1) is 8.20. The molecule has 0 aliphatic heterocycles. The summed E-state index contributed by atoms with van der Waals surface area (Å²) in [5.74, 6) is -0.0666. The van der Waals surface area contributed by atoms with Gasteiger partial charge in [0.05, 0.1) is 0 Å². The van der Waals surface area contributed by atoms with E-state index in [0.717, 1.165) is 11.1 Å². The van der Waals surface area contributed by atoms with E-state index in [-0.39, 0.29) is 11.5 Å². The van der Waals surface area contributed by atoms with Gasteiger partial charge in [0.2, 0.25) is 0 Å². The molecule has 2 rings (SSSR count). The summed E-state index contributed by atoms with van der Waals surface area (Å²) in [6.45, 7) is -0.474. The highest BCUT2D eigenvalue weighted by molar-refractivity contribution is 5.97. The van der Waals surface area contributed by atoms with Gasteiger partial charge in [-0.25, -0.2) is 0 Å². The molecule has 3 nitrogen and oxygen atoms in total. The van der Waals surface area contributed by atoms with Gasteiger partial charge in [0.1, 0.15) is 12.4 Å². The second-order valence-corrected chi connectivity index (χ2v) is 3.71. The molecule has 0 heterocycles. The number of carbonyl (C=O) groups is 1. The van der Waals surface area contributed by atoms with E-state index in [1.807, 2.05) is 12.1 Å². The summed E-state index contributed by atoms with van der Waals surface area (Å²) < 4.78 is 0. The van der Waals surface area contributed by atoms with Gasteiger partial charge in [0, 0.05) is 5.56 Å². The summed E-state index contributed by atoms with van der Waals surface area (Å²) in [7, 11) is 0. The predicted molar refractivity (Wildman–Crippen MR) is 65.0 cm³/mol. The molecular formula is C14H12O3. The number of ketones is 1. The monoisotopic (exact) mass is 228 g/mol. The SMILES string of the molecule is O=C(CO)c1ccc(-c2ccc(O)cc2)cc1. The van der Waals surface area contributed by atoms with Gasteiger partial charge < -0.3 is 10.2 Å². The molecule has 0 atom stereocenters. The van der Waals surface area contributed by atoms with Gasteiger partial charge in [-0.1, -0.05) is 36.4 Å². The van der Waals surface area contributed by atoms with E-state index in [2.05, 4.69) is 0 Å². The second kappa shape index (κ2) is 4.80. The van der Waals surface area contributed by atoms with Crippen molar-refractivity contribution in [3.8, 4) is 16.9 Å². The number of aromatic hydroxyl groups is 1. The number of carbonyl (C=O) groups excluding carboxylic acids is 1. The number of hydrogen-bond acceptors (Lipinski definition) is 3. The van der Waals surface area contributed by atoms with Gasteiger partial charge in [0.25, 0.3) is 0 Å². The summed E-state index contributed by atoms with van der Waals surface area (Å²) in [6, 6.07) is 13.8. The second-order valence-electron chi connectivity index (χ2n) is 3.71. The summed E-state index contributed by atoms with van der Waals surface area (Å²) >= 11 is 0.